The van der Waals surface area contributed by atoms with Gasteiger partial charge >= 0.3 is 5.97 Å². The van der Waals surface area contributed by atoms with Gasteiger partial charge in [0.25, 0.3) is 0 Å². The van der Waals surface area contributed by atoms with Crippen LogP contribution in [-0.2, 0) is 19.1 Å². The van der Waals surface area contributed by atoms with Crippen LogP contribution in [0.1, 0.15) is 79.1 Å². The number of carbonyl (C=O) groups is 3. The SMILES string of the molecule is CC(=O)OC1(C(C)=O)CC[C@H]2[C@@H]3CCC4=CC(=O)CC[C@]4(C)[C@H]3CC[C@@]21C. The second-order valence-corrected chi connectivity index (χ2v) is 9.94. The molecule has 4 aliphatic carbocycles. The minimum absolute atomic E-state index is 0.00650. The predicted molar refractivity (Wildman–Crippen MR) is 102 cm³/mol. The van der Waals surface area contributed by atoms with Gasteiger partial charge in [0.1, 0.15) is 0 Å². The first-order valence-electron chi connectivity index (χ1n) is 10.6. The van der Waals surface area contributed by atoms with Gasteiger partial charge in [-0.1, -0.05) is 19.4 Å². The summed E-state index contributed by atoms with van der Waals surface area (Å²) in [6.07, 6.45) is 9.23. The molecule has 4 nitrogen and oxygen atoms in total. The number of ether oxygens (including phenoxy) is 1. The van der Waals surface area contributed by atoms with Crippen molar-refractivity contribution >= 4 is 17.5 Å². The number of allylic oxidation sites excluding steroid dienone is 1. The molecule has 3 fully saturated rings. The fourth-order valence-corrected chi connectivity index (χ4v) is 7.62. The molecule has 4 aliphatic rings. The zero-order valence-corrected chi connectivity index (χ0v) is 17.1. The summed E-state index contributed by atoms with van der Waals surface area (Å²) in [5.41, 5.74) is 0.266. The van der Waals surface area contributed by atoms with Crippen molar-refractivity contribution in [1.82, 2.24) is 0 Å². The smallest absolute Gasteiger partial charge is 0.303 e. The summed E-state index contributed by atoms with van der Waals surface area (Å²) < 4.78 is 5.81. The Morgan fingerprint density at radius 3 is 2.37 bits per heavy atom. The van der Waals surface area contributed by atoms with E-state index >= 15 is 0 Å². The molecule has 0 aromatic carbocycles. The van der Waals surface area contributed by atoms with E-state index in [1.54, 1.807) is 6.92 Å². The van der Waals surface area contributed by atoms with E-state index in [1.807, 2.05) is 6.08 Å². The number of ketones is 2. The summed E-state index contributed by atoms with van der Waals surface area (Å²) >= 11 is 0. The van der Waals surface area contributed by atoms with Crippen molar-refractivity contribution in [2.24, 2.45) is 28.6 Å². The van der Waals surface area contributed by atoms with Crippen LogP contribution in [0.3, 0.4) is 0 Å². The van der Waals surface area contributed by atoms with Gasteiger partial charge in [0.05, 0.1) is 0 Å². The Hall–Kier alpha value is -1.45. The summed E-state index contributed by atoms with van der Waals surface area (Å²) in [5, 5.41) is 0. The fourth-order valence-electron chi connectivity index (χ4n) is 7.62. The van der Waals surface area contributed by atoms with Crippen LogP contribution in [0.4, 0.5) is 0 Å². The number of rotatable bonds is 2. The molecule has 0 bridgehead atoms. The molecule has 0 N–H and O–H groups in total. The Balaban J connectivity index is 1.70. The number of hydrogen-bond donors (Lipinski definition) is 0. The molecule has 0 aromatic rings. The molecule has 4 rings (SSSR count). The Morgan fingerprint density at radius 2 is 1.70 bits per heavy atom. The average Bonchev–Trinajstić information content (AvgIpc) is 2.89. The van der Waals surface area contributed by atoms with E-state index in [4.69, 9.17) is 4.74 Å². The van der Waals surface area contributed by atoms with Crippen molar-refractivity contribution in [3.8, 4) is 0 Å². The molecule has 0 heterocycles. The number of carbonyl (C=O) groups excluding carboxylic acids is 3. The van der Waals surface area contributed by atoms with Crippen molar-refractivity contribution in [2.75, 3.05) is 0 Å². The van der Waals surface area contributed by atoms with Crippen LogP contribution in [0.2, 0.25) is 0 Å². The van der Waals surface area contributed by atoms with Gasteiger partial charge in [-0.3, -0.25) is 14.4 Å². The minimum atomic E-state index is -0.950. The lowest BCUT2D eigenvalue weighted by molar-refractivity contribution is -0.187. The molecule has 0 aromatic heterocycles. The van der Waals surface area contributed by atoms with Crippen LogP contribution < -0.4 is 0 Å². The van der Waals surface area contributed by atoms with Crippen LogP contribution in [0.25, 0.3) is 0 Å². The maximum absolute atomic E-state index is 12.7. The highest BCUT2D eigenvalue weighted by atomic mass is 16.6. The second-order valence-electron chi connectivity index (χ2n) is 9.94. The van der Waals surface area contributed by atoms with E-state index < -0.39 is 5.60 Å². The molecular formula is C23H32O4. The van der Waals surface area contributed by atoms with E-state index in [0.29, 0.717) is 30.6 Å². The highest BCUT2D eigenvalue weighted by Gasteiger charge is 2.67. The summed E-state index contributed by atoms with van der Waals surface area (Å²) in [5.74, 6) is 1.48. The van der Waals surface area contributed by atoms with Crippen molar-refractivity contribution in [3.05, 3.63) is 11.6 Å². The van der Waals surface area contributed by atoms with E-state index in [-0.39, 0.29) is 28.4 Å². The van der Waals surface area contributed by atoms with E-state index in [9.17, 15) is 14.4 Å². The van der Waals surface area contributed by atoms with E-state index in [0.717, 1.165) is 38.5 Å². The first kappa shape index (κ1) is 18.9. The standard InChI is InChI=1S/C23H32O4/c1-14(24)23(27-15(2)25)12-9-20-18-6-5-16-13-17(26)7-10-21(16,3)19(18)8-11-22(20,23)4/h13,18-20H,5-12H2,1-4H3/t18-,19+,20+,21+,22+,23?/m1/s1. The monoisotopic (exact) mass is 372 g/mol. The molecule has 0 radical (unpaired) electrons. The third-order valence-corrected chi connectivity index (χ3v) is 8.97. The van der Waals surface area contributed by atoms with Gasteiger partial charge in [-0.15, -0.1) is 0 Å². The minimum Gasteiger partial charge on any atom is -0.451 e. The van der Waals surface area contributed by atoms with Crippen molar-refractivity contribution in [2.45, 2.75) is 84.7 Å². The third kappa shape index (κ3) is 2.44. The first-order chi connectivity index (χ1) is 12.6. The maximum atomic E-state index is 12.7. The van der Waals surface area contributed by atoms with Gasteiger partial charge in [-0.05, 0) is 81.1 Å². The molecule has 27 heavy (non-hydrogen) atoms. The van der Waals surface area contributed by atoms with Gasteiger partial charge < -0.3 is 4.74 Å². The molecule has 148 valence electrons. The predicted octanol–water partition coefficient (Wildman–Crippen LogP) is 4.41. The van der Waals surface area contributed by atoms with Gasteiger partial charge in [0, 0.05) is 18.8 Å². The van der Waals surface area contributed by atoms with Crippen LogP contribution in [0.5, 0.6) is 0 Å². The van der Waals surface area contributed by atoms with E-state index in [1.165, 1.54) is 12.5 Å². The second kappa shape index (κ2) is 6.02. The zero-order valence-electron chi connectivity index (χ0n) is 17.1. The Morgan fingerprint density at radius 1 is 1.00 bits per heavy atom. The number of Topliss-reactive ketones (excluding diaryl/α,β-unsaturated/α-hetero) is 1. The molecule has 0 aliphatic heterocycles. The van der Waals surface area contributed by atoms with Gasteiger partial charge in [0.2, 0.25) is 0 Å². The number of fused-ring (bicyclic) bond motifs is 5. The normalized spacial score (nSPS) is 46.0. The van der Waals surface area contributed by atoms with Crippen LogP contribution in [-0.4, -0.2) is 23.1 Å². The Bertz CT molecular complexity index is 737. The quantitative estimate of drug-likeness (QED) is 0.674. The van der Waals surface area contributed by atoms with Gasteiger partial charge in [-0.25, -0.2) is 0 Å². The fraction of sp³-hybridized carbons (Fsp3) is 0.783. The topological polar surface area (TPSA) is 60.4 Å². The lowest BCUT2D eigenvalue weighted by Crippen LogP contribution is -2.58. The largest absolute Gasteiger partial charge is 0.451 e. The van der Waals surface area contributed by atoms with Gasteiger partial charge in [-0.2, -0.15) is 0 Å². The lowest BCUT2D eigenvalue weighted by atomic mass is 9.46. The zero-order chi connectivity index (χ0) is 19.6. The average molecular weight is 373 g/mol. The van der Waals surface area contributed by atoms with Crippen LogP contribution in [0, 0.1) is 28.6 Å². The maximum Gasteiger partial charge on any atom is 0.303 e. The van der Waals surface area contributed by atoms with Crippen molar-refractivity contribution < 1.29 is 19.1 Å². The highest BCUT2D eigenvalue weighted by molar-refractivity contribution is 5.91. The molecular weight excluding hydrogens is 340 g/mol. The Kier molecular flexibility index (Phi) is 4.21. The number of esters is 1. The molecule has 0 saturated heterocycles. The van der Waals surface area contributed by atoms with Crippen LogP contribution >= 0.6 is 0 Å². The number of hydrogen-bond acceptors (Lipinski definition) is 4. The highest BCUT2D eigenvalue weighted by Crippen LogP contribution is 2.68. The van der Waals surface area contributed by atoms with Crippen molar-refractivity contribution in [3.63, 3.8) is 0 Å². The Labute approximate surface area is 162 Å². The van der Waals surface area contributed by atoms with E-state index in [2.05, 4.69) is 13.8 Å². The van der Waals surface area contributed by atoms with Crippen LogP contribution in [0.15, 0.2) is 11.6 Å². The first-order valence-corrected chi connectivity index (χ1v) is 10.6. The molecule has 6 atom stereocenters. The summed E-state index contributed by atoms with van der Waals surface area (Å²) in [4.78, 5) is 36.5. The van der Waals surface area contributed by atoms with Crippen molar-refractivity contribution in [1.29, 1.82) is 0 Å². The molecule has 0 spiro atoms. The lowest BCUT2D eigenvalue weighted by Gasteiger charge is -2.59. The molecule has 4 heteroatoms. The molecule has 3 saturated carbocycles. The summed E-state index contributed by atoms with van der Waals surface area (Å²) in [6, 6.07) is 0. The summed E-state index contributed by atoms with van der Waals surface area (Å²) in [6.45, 7) is 7.58. The third-order valence-electron chi connectivity index (χ3n) is 8.97. The van der Waals surface area contributed by atoms with Gasteiger partial charge in [0.15, 0.2) is 17.2 Å². The molecule has 0 amide bonds. The summed E-state index contributed by atoms with van der Waals surface area (Å²) in [7, 11) is 0. The molecule has 1 unspecified atom stereocenters.